The van der Waals surface area contributed by atoms with E-state index in [0.29, 0.717) is 44.6 Å². The molecule has 2 rings (SSSR count). The number of nitrogens with one attached hydrogen (secondary N) is 1. The van der Waals surface area contributed by atoms with Crippen molar-refractivity contribution < 1.29 is 38.3 Å². The van der Waals surface area contributed by atoms with Crippen LogP contribution in [0.5, 0.6) is 0 Å². The first kappa shape index (κ1) is 39.1. The predicted molar refractivity (Wildman–Crippen MR) is 173 cm³/mol. The molecule has 4 atom stereocenters. The quantitative estimate of drug-likeness (QED) is 0.147. The summed E-state index contributed by atoms with van der Waals surface area (Å²) in [5.41, 5.74) is 5.53. The first-order valence-corrected chi connectivity index (χ1v) is 17.4. The number of amides is 3. The van der Waals surface area contributed by atoms with Crippen LogP contribution in [0.2, 0.25) is 0 Å². The molecule has 3 amide bonds. The lowest BCUT2D eigenvalue weighted by molar-refractivity contribution is -0.152. The van der Waals surface area contributed by atoms with Gasteiger partial charge in [-0.1, -0.05) is 73.1 Å². The summed E-state index contributed by atoms with van der Waals surface area (Å²) in [6, 6.07) is -1.53. The minimum absolute atomic E-state index is 0.0690. The average Bonchev–Trinajstić information content (AvgIpc) is 3.51. The van der Waals surface area contributed by atoms with Gasteiger partial charge in [0.1, 0.15) is 6.04 Å². The van der Waals surface area contributed by atoms with Gasteiger partial charge in [0.05, 0.1) is 25.0 Å². The van der Waals surface area contributed by atoms with E-state index in [1.54, 1.807) is 0 Å². The van der Waals surface area contributed by atoms with Crippen molar-refractivity contribution in [2.24, 2.45) is 35.3 Å². The maximum absolute atomic E-state index is 13.6. The molecule has 0 bridgehead atoms. The molecule has 0 aromatic heterocycles. The van der Waals surface area contributed by atoms with Crippen LogP contribution in [0.15, 0.2) is 0 Å². The zero-order valence-electron chi connectivity index (χ0n) is 28.6. The third kappa shape index (κ3) is 12.6. The van der Waals surface area contributed by atoms with Crippen molar-refractivity contribution in [3.05, 3.63) is 0 Å². The molecule has 11 nitrogen and oxygen atoms in total. The fourth-order valence-corrected chi connectivity index (χ4v) is 6.58. The predicted octanol–water partition coefficient (Wildman–Crippen LogP) is 4.07. The number of carbonyl (C=O) groups excluding carboxylic acids is 7. The van der Waals surface area contributed by atoms with Crippen LogP contribution in [-0.4, -0.2) is 71.2 Å². The van der Waals surface area contributed by atoms with Gasteiger partial charge < -0.3 is 20.7 Å². The lowest BCUT2D eigenvalue weighted by Crippen LogP contribution is -2.46. The van der Waals surface area contributed by atoms with E-state index in [1.807, 2.05) is 34.6 Å². The second-order valence-electron chi connectivity index (χ2n) is 14.0. The minimum Gasteiger partial charge on any atom is -0.465 e. The van der Waals surface area contributed by atoms with Gasteiger partial charge in [0.15, 0.2) is 11.6 Å². The Morgan fingerprint density at radius 1 is 0.891 bits per heavy atom. The number of Topliss-reactive ketones (excluding diaryl/α,β-unsaturated/α-hetero) is 3. The van der Waals surface area contributed by atoms with E-state index >= 15 is 0 Å². The van der Waals surface area contributed by atoms with E-state index in [4.69, 9.17) is 10.5 Å². The number of likely N-dealkylation sites (tertiary alicyclic amines) is 1. The molecule has 3 unspecified atom stereocenters. The van der Waals surface area contributed by atoms with Gasteiger partial charge in [0.25, 0.3) is 0 Å². The van der Waals surface area contributed by atoms with Crippen LogP contribution < -0.4 is 11.1 Å². The fourth-order valence-electron chi connectivity index (χ4n) is 6.58. The molecular weight excluding hydrogens is 590 g/mol. The molecule has 0 aromatic carbocycles. The largest absolute Gasteiger partial charge is 0.465 e. The molecule has 2 fully saturated rings. The Morgan fingerprint density at radius 3 is 2.15 bits per heavy atom. The zero-order valence-corrected chi connectivity index (χ0v) is 28.6. The standard InChI is InChI=1S/C35H57N3O8/c1-6-11-25(33(43)29(39)15-16-31(41)37-27(34(36)44)18-24-12-8-7-9-13-24)19-30(40)28-14-10-17-38(28)35(45)26(23(4)5)20-32(42)46-21-22(2)3/h22-28H,6-21H2,1-5H3,(H2,36,44)(H,37,41)/t25?,26?,27?,28-/m0/s1. The van der Waals surface area contributed by atoms with Crippen molar-refractivity contribution in [1.29, 1.82) is 0 Å². The number of primary amides is 1. The summed E-state index contributed by atoms with van der Waals surface area (Å²) in [6.45, 7) is 10.1. The van der Waals surface area contributed by atoms with Crippen LogP contribution in [0.25, 0.3) is 0 Å². The molecule has 260 valence electrons. The fraction of sp³-hybridized carbons (Fsp3) is 0.800. The Kier molecular flexibility index (Phi) is 16.6. The molecule has 1 aliphatic carbocycles. The summed E-state index contributed by atoms with van der Waals surface area (Å²) in [7, 11) is 0. The lowest BCUT2D eigenvalue weighted by Gasteiger charge is -2.30. The van der Waals surface area contributed by atoms with Crippen LogP contribution in [0.4, 0.5) is 0 Å². The van der Waals surface area contributed by atoms with Crippen molar-refractivity contribution in [3.63, 3.8) is 0 Å². The average molecular weight is 648 g/mol. The van der Waals surface area contributed by atoms with Crippen LogP contribution in [0.3, 0.4) is 0 Å². The molecule has 0 radical (unpaired) electrons. The molecule has 1 aliphatic heterocycles. The Balaban J connectivity index is 1.98. The summed E-state index contributed by atoms with van der Waals surface area (Å²) in [5.74, 6) is -4.70. The Labute approximate surface area is 274 Å². The van der Waals surface area contributed by atoms with Gasteiger partial charge in [-0.3, -0.25) is 33.6 Å². The van der Waals surface area contributed by atoms with E-state index in [1.165, 1.54) is 4.90 Å². The van der Waals surface area contributed by atoms with E-state index < -0.39 is 53.3 Å². The number of esters is 1. The molecule has 1 saturated carbocycles. The summed E-state index contributed by atoms with van der Waals surface area (Å²) < 4.78 is 5.30. The summed E-state index contributed by atoms with van der Waals surface area (Å²) >= 11 is 0. The van der Waals surface area contributed by atoms with Crippen LogP contribution in [0, 0.1) is 29.6 Å². The molecule has 0 spiro atoms. The van der Waals surface area contributed by atoms with Gasteiger partial charge >= 0.3 is 5.97 Å². The first-order valence-electron chi connectivity index (χ1n) is 17.4. The highest BCUT2D eigenvalue weighted by atomic mass is 16.5. The highest BCUT2D eigenvalue weighted by Gasteiger charge is 2.40. The second kappa shape index (κ2) is 19.5. The van der Waals surface area contributed by atoms with E-state index in [2.05, 4.69) is 5.32 Å². The molecular formula is C35H57N3O8. The first-order chi connectivity index (χ1) is 21.7. The smallest absolute Gasteiger partial charge is 0.306 e. The van der Waals surface area contributed by atoms with Crippen LogP contribution >= 0.6 is 0 Å². The normalized spacial score (nSPS) is 19.0. The van der Waals surface area contributed by atoms with Gasteiger partial charge in [-0.2, -0.15) is 0 Å². The van der Waals surface area contributed by atoms with Gasteiger partial charge in [0.2, 0.25) is 23.5 Å². The number of ketones is 3. The van der Waals surface area contributed by atoms with Crippen molar-refractivity contribution in [1.82, 2.24) is 10.2 Å². The van der Waals surface area contributed by atoms with Crippen molar-refractivity contribution in [2.45, 2.75) is 137 Å². The number of carbonyl (C=O) groups is 7. The van der Waals surface area contributed by atoms with Crippen LogP contribution in [0.1, 0.15) is 125 Å². The van der Waals surface area contributed by atoms with Crippen LogP contribution in [-0.2, 0) is 38.3 Å². The number of nitrogens with two attached hydrogens (primary N) is 1. The van der Waals surface area contributed by atoms with Gasteiger partial charge in [-0.15, -0.1) is 0 Å². The van der Waals surface area contributed by atoms with E-state index in [0.717, 1.165) is 32.1 Å². The van der Waals surface area contributed by atoms with Crippen molar-refractivity contribution in [3.8, 4) is 0 Å². The van der Waals surface area contributed by atoms with Gasteiger partial charge in [0, 0.05) is 31.7 Å². The number of hydrogen-bond acceptors (Lipinski definition) is 8. The Bertz CT molecular complexity index is 1080. The maximum atomic E-state index is 13.6. The second-order valence-corrected chi connectivity index (χ2v) is 14.0. The third-order valence-corrected chi connectivity index (χ3v) is 9.28. The van der Waals surface area contributed by atoms with E-state index in [9.17, 15) is 33.6 Å². The summed E-state index contributed by atoms with van der Waals surface area (Å²) in [5, 5.41) is 2.64. The Morgan fingerprint density at radius 2 is 1.57 bits per heavy atom. The topological polar surface area (TPSA) is 170 Å². The van der Waals surface area contributed by atoms with Gasteiger partial charge in [-0.25, -0.2) is 0 Å². The number of hydrogen-bond donors (Lipinski definition) is 2. The van der Waals surface area contributed by atoms with Gasteiger partial charge in [-0.05, 0) is 43.4 Å². The molecule has 1 saturated heterocycles. The molecule has 3 N–H and O–H groups in total. The molecule has 2 aliphatic rings. The third-order valence-electron chi connectivity index (χ3n) is 9.28. The molecule has 46 heavy (non-hydrogen) atoms. The molecule has 1 heterocycles. The molecule has 11 heteroatoms. The number of nitrogens with zero attached hydrogens (tertiary/aromatic N) is 1. The number of ether oxygens (including phenoxy) is 1. The van der Waals surface area contributed by atoms with Crippen molar-refractivity contribution >= 4 is 41.0 Å². The van der Waals surface area contributed by atoms with Crippen molar-refractivity contribution in [2.75, 3.05) is 13.2 Å². The van der Waals surface area contributed by atoms with E-state index in [-0.39, 0.29) is 55.8 Å². The highest BCUT2D eigenvalue weighted by Crippen LogP contribution is 2.29. The zero-order chi connectivity index (χ0) is 34.4. The highest BCUT2D eigenvalue weighted by molar-refractivity contribution is 6.38. The minimum atomic E-state index is -0.845. The lowest BCUT2D eigenvalue weighted by atomic mass is 9.84. The monoisotopic (exact) mass is 647 g/mol. The summed E-state index contributed by atoms with van der Waals surface area (Å²) in [4.78, 5) is 91.7. The Hall–Kier alpha value is -3.11. The summed E-state index contributed by atoms with van der Waals surface area (Å²) in [6.07, 6.45) is 6.93. The number of rotatable bonds is 20. The maximum Gasteiger partial charge on any atom is 0.306 e. The SMILES string of the molecule is CCCC(CC(=O)[C@@H]1CCCN1C(=O)C(CC(=O)OCC(C)C)C(C)C)C(=O)C(=O)CCC(=O)NC(CC1CCCCC1)C(N)=O. The molecule has 0 aromatic rings.